The maximum atomic E-state index is 13.3. The molecule has 37 heavy (non-hydrogen) atoms. The van der Waals surface area contributed by atoms with Crippen LogP contribution in [0.2, 0.25) is 0 Å². The topological polar surface area (TPSA) is 54.4 Å². The van der Waals surface area contributed by atoms with Crippen LogP contribution in [0, 0.1) is 0 Å². The number of aliphatic imine (C=N–C) groups is 1. The van der Waals surface area contributed by atoms with Gasteiger partial charge in [-0.15, -0.1) is 0 Å². The number of rotatable bonds is 11. The smallest absolute Gasteiger partial charge is 0.253 e. The van der Waals surface area contributed by atoms with Gasteiger partial charge < -0.3 is 19.3 Å². The highest BCUT2D eigenvalue weighted by molar-refractivity contribution is 6.15. The molecule has 0 spiro atoms. The Morgan fingerprint density at radius 2 is 1.76 bits per heavy atom. The van der Waals surface area contributed by atoms with Crippen molar-refractivity contribution < 1.29 is 14.3 Å². The quantitative estimate of drug-likeness (QED) is 0.389. The minimum absolute atomic E-state index is 0.123. The number of piperidine rings is 1. The summed E-state index contributed by atoms with van der Waals surface area (Å²) in [5, 5.41) is 0. The van der Waals surface area contributed by atoms with Crippen LogP contribution in [0.4, 0.5) is 0 Å². The van der Waals surface area contributed by atoms with E-state index in [9.17, 15) is 4.79 Å². The average molecular weight is 506 g/mol. The van der Waals surface area contributed by atoms with Gasteiger partial charge in [0.1, 0.15) is 0 Å². The lowest BCUT2D eigenvalue weighted by Gasteiger charge is -2.39. The number of hydrogen-bond donors (Lipinski definition) is 0. The molecule has 2 aromatic rings. The zero-order chi connectivity index (χ0) is 26.4. The summed E-state index contributed by atoms with van der Waals surface area (Å²) in [6, 6.07) is 12.5. The molecule has 2 aromatic carbocycles. The number of carbonyl (C=O) groups excluding carboxylic acids is 1. The molecule has 2 aliphatic heterocycles. The molecule has 0 radical (unpaired) electrons. The van der Waals surface area contributed by atoms with E-state index in [0.717, 1.165) is 92.2 Å². The fourth-order valence-electron chi connectivity index (χ4n) is 5.51. The second-order valence-electron chi connectivity index (χ2n) is 10.3. The van der Waals surface area contributed by atoms with Crippen LogP contribution in [0.15, 0.2) is 41.4 Å². The van der Waals surface area contributed by atoms with E-state index in [-0.39, 0.29) is 11.9 Å². The van der Waals surface area contributed by atoms with Crippen LogP contribution in [0.5, 0.6) is 11.5 Å². The summed E-state index contributed by atoms with van der Waals surface area (Å²) in [6.07, 6.45) is 5.26. The third-order valence-corrected chi connectivity index (χ3v) is 7.62. The van der Waals surface area contributed by atoms with Crippen LogP contribution in [-0.4, -0.2) is 74.4 Å². The zero-order valence-electron chi connectivity index (χ0n) is 23.3. The Kier molecular flexibility index (Phi) is 9.25. The van der Waals surface area contributed by atoms with Crippen molar-refractivity contribution in [2.24, 2.45) is 4.99 Å². The van der Waals surface area contributed by atoms with Gasteiger partial charge in [0.15, 0.2) is 11.5 Å². The van der Waals surface area contributed by atoms with Crippen molar-refractivity contribution in [1.82, 2.24) is 9.80 Å². The Labute approximate surface area is 222 Å². The van der Waals surface area contributed by atoms with Crippen molar-refractivity contribution in [3.05, 3.63) is 58.7 Å². The van der Waals surface area contributed by atoms with Gasteiger partial charge >= 0.3 is 0 Å². The molecule has 0 aromatic heterocycles. The van der Waals surface area contributed by atoms with Crippen LogP contribution in [-0.2, 0) is 0 Å². The largest absolute Gasteiger partial charge is 0.493 e. The van der Waals surface area contributed by atoms with Gasteiger partial charge in [-0.25, -0.2) is 0 Å². The van der Waals surface area contributed by atoms with Gasteiger partial charge in [0.25, 0.3) is 5.91 Å². The van der Waals surface area contributed by atoms with E-state index >= 15 is 0 Å². The fraction of sp³-hybridized carbons (Fsp3) is 0.548. The second kappa shape index (κ2) is 12.6. The molecule has 1 fully saturated rings. The molecule has 4 rings (SSSR count). The molecule has 2 atom stereocenters. The number of nitrogens with zero attached hydrogens (tertiary/aromatic N) is 3. The van der Waals surface area contributed by atoms with Gasteiger partial charge in [0.2, 0.25) is 0 Å². The predicted molar refractivity (Wildman–Crippen MR) is 151 cm³/mol. The van der Waals surface area contributed by atoms with Crippen LogP contribution in [0.3, 0.4) is 0 Å². The highest BCUT2D eigenvalue weighted by atomic mass is 16.5. The number of likely N-dealkylation sites (tertiary alicyclic amines) is 1. The van der Waals surface area contributed by atoms with Crippen LogP contribution in [0.1, 0.15) is 85.8 Å². The Morgan fingerprint density at radius 1 is 1.05 bits per heavy atom. The first kappa shape index (κ1) is 27.2. The summed E-state index contributed by atoms with van der Waals surface area (Å²) < 4.78 is 11.6. The molecule has 6 heteroatoms. The third kappa shape index (κ3) is 6.01. The normalized spacial score (nSPS) is 19.0. The molecule has 0 aliphatic carbocycles. The number of likely N-dealkylation sites (N-methyl/N-ethyl adjacent to an activating group) is 1. The van der Waals surface area contributed by atoms with Crippen LogP contribution < -0.4 is 9.47 Å². The minimum atomic E-state index is 0.123. The maximum absolute atomic E-state index is 13.3. The van der Waals surface area contributed by atoms with Crippen molar-refractivity contribution in [2.45, 2.75) is 64.8 Å². The van der Waals surface area contributed by atoms with Gasteiger partial charge in [-0.05, 0) is 69.6 Å². The van der Waals surface area contributed by atoms with Crippen molar-refractivity contribution in [3.8, 4) is 11.5 Å². The van der Waals surface area contributed by atoms with Crippen LogP contribution in [0.25, 0.3) is 0 Å². The van der Waals surface area contributed by atoms with Crippen molar-refractivity contribution >= 4 is 11.6 Å². The molecule has 2 heterocycles. The zero-order valence-corrected chi connectivity index (χ0v) is 23.3. The Bertz CT molecular complexity index is 1090. The molecule has 200 valence electrons. The monoisotopic (exact) mass is 505 g/mol. The lowest BCUT2D eigenvalue weighted by Crippen LogP contribution is -2.41. The van der Waals surface area contributed by atoms with E-state index in [1.54, 1.807) is 7.11 Å². The fourth-order valence-corrected chi connectivity index (χ4v) is 5.51. The molecule has 1 amide bonds. The number of ether oxygens (including phenoxy) is 2. The number of unbranched alkanes of at least 4 members (excludes halogenated alkanes) is 2. The van der Waals surface area contributed by atoms with E-state index in [0.29, 0.717) is 12.5 Å². The van der Waals surface area contributed by atoms with Crippen molar-refractivity contribution in [2.75, 3.05) is 46.9 Å². The van der Waals surface area contributed by atoms with Gasteiger partial charge in [0, 0.05) is 42.2 Å². The van der Waals surface area contributed by atoms with Gasteiger partial charge in [-0.2, -0.15) is 0 Å². The first-order valence-corrected chi connectivity index (χ1v) is 14.0. The highest BCUT2D eigenvalue weighted by Crippen LogP contribution is 2.42. The average Bonchev–Trinajstić information content (AvgIpc) is 2.92. The standard InChI is InChI=1S/C31H43N3O3/c1-6-9-16-34(17-10-7-2)31(35)23-13-11-22(12-14-23)30-25-20-28(36-5)29(37-8-3)19-24(25)26-21-33(4)18-15-27(26)32-30/h11-14,19-20,26-27H,6-10,15-18,21H2,1-5H3/t26-,27-/m1/s1. The Hall–Kier alpha value is -2.86. The molecule has 1 saturated heterocycles. The SMILES string of the molecule is CCCCN(CCCC)C(=O)c1ccc(C2=N[C@@H]3CCN(C)C[C@@H]3c3cc(OCC)c(OC)cc32)cc1. The van der Waals surface area contributed by atoms with Gasteiger partial charge in [-0.1, -0.05) is 38.8 Å². The lowest BCUT2D eigenvalue weighted by molar-refractivity contribution is 0.0751. The predicted octanol–water partition coefficient (Wildman–Crippen LogP) is 5.78. The first-order valence-electron chi connectivity index (χ1n) is 14.0. The molecular weight excluding hydrogens is 462 g/mol. The van der Waals surface area contributed by atoms with E-state index in [1.165, 1.54) is 5.56 Å². The number of methoxy groups -OCH3 is 1. The lowest BCUT2D eigenvalue weighted by atomic mass is 9.79. The van der Waals surface area contributed by atoms with E-state index < -0.39 is 0 Å². The number of benzene rings is 2. The number of amides is 1. The summed E-state index contributed by atoms with van der Waals surface area (Å²) in [7, 11) is 3.87. The number of hydrogen-bond acceptors (Lipinski definition) is 5. The summed E-state index contributed by atoms with van der Waals surface area (Å²) in [4.78, 5) is 23.0. The van der Waals surface area contributed by atoms with E-state index in [4.69, 9.17) is 14.5 Å². The second-order valence-corrected chi connectivity index (χ2v) is 10.3. The van der Waals surface area contributed by atoms with E-state index in [1.807, 2.05) is 24.0 Å². The van der Waals surface area contributed by atoms with Gasteiger partial charge in [-0.3, -0.25) is 9.79 Å². The summed E-state index contributed by atoms with van der Waals surface area (Å²) >= 11 is 0. The maximum Gasteiger partial charge on any atom is 0.253 e. The highest BCUT2D eigenvalue weighted by Gasteiger charge is 2.36. The molecule has 6 nitrogen and oxygen atoms in total. The number of carbonyl (C=O) groups is 1. The minimum Gasteiger partial charge on any atom is -0.493 e. The molecule has 2 aliphatic rings. The van der Waals surface area contributed by atoms with Gasteiger partial charge in [0.05, 0.1) is 25.5 Å². The van der Waals surface area contributed by atoms with Crippen LogP contribution >= 0.6 is 0 Å². The molecule has 0 bridgehead atoms. The van der Waals surface area contributed by atoms with Crippen molar-refractivity contribution in [1.29, 1.82) is 0 Å². The number of fused-ring (bicyclic) bond motifs is 3. The van der Waals surface area contributed by atoms with E-state index in [2.05, 4.69) is 50.1 Å². The summed E-state index contributed by atoms with van der Waals surface area (Å²) in [5.74, 6) is 1.97. The molecule has 0 saturated carbocycles. The Balaban J connectivity index is 1.68. The first-order chi connectivity index (χ1) is 18.0. The molecule has 0 N–H and O–H groups in total. The Morgan fingerprint density at radius 3 is 2.38 bits per heavy atom. The summed E-state index contributed by atoms with van der Waals surface area (Å²) in [6.45, 7) is 10.6. The third-order valence-electron chi connectivity index (χ3n) is 7.62. The molecule has 0 unspecified atom stereocenters. The van der Waals surface area contributed by atoms with Crippen molar-refractivity contribution in [3.63, 3.8) is 0 Å². The summed E-state index contributed by atoms with van der Waals surface area (Å²) in [5.41, 5.74) is 5.14. The molecular formula is C31H43N3O3.